The van der Waals surface area contributed by atoms with E-state index in [-0.39, 0.29) is 11.1 Å². The van der Waals surface area contributed by atoms with Crippen LogP contribution in [0.1, 0.15) is 0 Å². The topological polar surface area (TPSA) is 43.1 Å². The largest absolute Gasteiger partial charge is 0.396 e. The molecule has 0 bridgehead atoms. The Balaban J connectivity index is 2.71. The maximum atomic E-state index is 11.8. The van der Waals surface area contributed by atoms with Crippen molar-refractivity contribution in [3.63, 3.8) is 0 Å². The van der Waals surface area contributed by atoms with Gasteiger partial charge in [-0.05, 0) is 11.6 Å². The summed E-state index contributed by atoms with van der Waals surface area (Å²) in [5.41, 5.74) is 7.31. The average Bonchev–Trinajstić information content (AvgIpc) is 2.44. The number of hydrogen-bond acceptors (Lipinski definition) is 2. The van der Waals surface area contributed by atoms with Crippen LogP contribution < -0.4 is 11.2 Å². The zero-order chi connectivity index (χ0) is 10.7. The van der Waals surface area contributed by atoms with Gasteiger partial charge < -0.3 is 5.73 Å². The number of anilines is 1. The Labute approximate surface area is 88.0 Å². The zero-order valence-electron chi connectivity index (χ0n) is 8.18. The van der Waals surface area contributed by atoms with Crippen LogP contribution in [0.3, 0.4) is 0 Å². The average molecular weight is 197 g/mol. The van der Waals surface area contributed by atoms with E-state index in [0.29, 0.717) is 5.56 Å². The Bertz CT molecular complexity index is 520. The maximum absolute atomic E-state index is 11.8. The summed E-state index contributed by atoms with van der Waals surface area (Å²) in [7, 11) is 0. The highest BCUT2D eigenvalue weighted by Crippen LogP contribution is 2.14. The van der Waals surface area contributed by atoms with Gasteiger partial charge in [0.2, 0.25) is 5.43 Å². The molecular formula is C13H11NO. The molecule has 0 radical (unpaired) electrons. The second-order valence-corrected chi connectivity index (χ2v) is 3.28. The molecule has 0 atom stereocenters. The second kappa shape index (κ2) is 3.96. The molecule has 0 fully saturated rings. The van der Waals surface area contributed by atoms with Crippen LogP contribution in [0.4, 0.5) is 5.69 Å². The van der Waals surface area contributed by atoms with E-state index in [0.717, 1.165) is 5.56 Å². The second-order valence-electron chi connectivity index (χ2n) is 3.28. The Kier molecular flexibility index (Phi) is 2.50. The third kappa shape index (κ3) is 1.89. The van der Waals surface area contributed by atoms with E-state index in [9.17, 15) is 4.79 Å². The fourth-order valence-electron chi connectivity index (χ4n) is 1.46. The van der Waals surface area contributed by atoms with E-state index in [2.05, 4.69) is 0 Å². The summed E-state index contributed by atoms with van der Waals surface area (Å²) >= 11 is 0. The van der Waals surface area contributed by atoms with Crippen molar-refractivity contribution in [2.24, 2.45) is 0 Å². The van der Waals surface area contributed by atoms with Gasteiger partial charge in [-0.1, -0.05) is 48.5 Å². The van der Waals surface area contributed by atoms with E-state index < -0.39 is 0 Å². The maximum Gasteiger partial charge on any atom is 0.209 e. The molecule has 2 rings (SSSR count). The highest BCUT2D eigenvalue weighted by Gasteiger charge is 2.02. The van der Waals surface area contributed by atoms with Gasteiger partial charge in [0.25, 0.3) is 0 Å². The molecule has 0 spiro atoms. The number of rotatable bonds is 1. The first-order chi connectivity index (χ1) is 7.29. The SMILES string of the molecule is Nc1ccccc(-c2ccccc2)c1=O. The number of nitrogens with two attached hydrogens (primary N) is 1. The lowest BCUT2D eigenvalue weighted by atomic mass is 10.1. The molecule has 0 aromatic heterocycles. The van der Waals surface area contributed by atoms with Gasteiger partial charge in [0, 0.05) is 5.56 Å². The molecule has 0 unspecified atom stereocenters. The van der Waals surface area contributed by atoms with E-state index in [1.807, 2.05) is 36.4 Å². The van der Waals surface area contributed by atoms with Crippen LogP contribution in [0.5, 0.6) is 0 Å². The molecule has 0 aliphatic carbocycles. The smallest absolute Gasteiger partial charge is 0.209 e. The fourth-order valence-corrected chi connectivity index (χ4v) is 1.46. The molecule has 2 nitrogen and oxygen atoms in total. The first-order valence-corrected chi connectivity index (χ1v) is 4.73. The summed E-state index contributed by atoms with van der Waals surface area (Å²) < 4.78 is 0. The van der Waals surface area contributed by atoms with Gasteiger partial charge in [-0.3, -0.25) is 4.79 Å². The predicted molar refractivity (Wildman–Crippen MR) is 62.6 cm³/mol. The third-order valence-corrected chi connectivity index (χ3v) is 2.24. The molecule has 0 saturated heterocycles. The van der Waals surface area contributed by atoms with Gasteiger partial charge in [0.05, 0.1) is 5.69 Å². The lowest BCUT2D eigenvalue weighted by Gasteiger charge is -1.96. The van der Waals surface area contributed by atoms with Gasteiger partial charge in [-0.25, -0.2) is 0 Å². The van der Waals surface area contributed by atoms with Crippen molar-refractivity contribution in [2.45, 2.75) is 0 Å². The predicted octanol–water partition coefficient (Wildman–Crippen LogP) is 2.30. The molecule has 2 aromatic carbocycles. The van der Waals surface area contributed by atoms with E-state index in [1.165, 1.54) is 0 Å². The lowest BCUT2D eigenvalue weighted by Crippen LogP contribution is -2.06. The fraction of sp³-hybridized carbons (Fsp3) is 0. The van der Waals surface area contributed by atoms with Crippen molar-refractivity contribution in [3.05, 3.63) is 64.8 Å². The summed E-state index contributed by atoms with van der Waals surface area (Å²) in [6.45, 7) is 0. The Morgan fingerprint density at radius 2 is 1.40 bits per heavy atom. The highest BCUT2D eigenvalue weighted by molar-refractivity contribution is 5.65. The minimum atomic E-state index is -0.119. The van der Waals surface area contributed by atoms with E-state index >= 15 is 0 Å². The van der Waals surface area contributed by atoms with Crippen LogP contribution in [0.25, 0.3) is 11.1 Å². The zero-order valence-corrected chi connectivity index (χ0v) is 8.18. The standard InChI is InChI=1S/C13H11NO/c14-12-9-5-4-8-11(13(12)15)10-6-2-1-3-7-10/h1-9H,(H2,14,15). The van der Waals surface area contributed by atoms with Gasteiger partial charge in [0.15, 0.2) is 0 Å². The van der Waals surface area contributed by atoms with Crippen LogP contribution in [-0.2, 0) is 0 Å². The van der Waals surface area contributed by atoms with Gasteiger partial charge >= 0.3 is 0 Å². The Morgan fingerprint density at radius 1 is 0.800 bits per heavy atom. The summed E-state index contributed by atoms with van der Waals surface area (Å²) in [6.07, 6.45) is 0. The molecule has 2 N–H and O–H groups in total. The van der Waals surface area contributed by atoms with Crippen LogP contribution >= 0.6 is 0 Å². The summed E-state index contributed by atoms with van der Waals surface area (Å²) in [5.74, 6) is 0. The molecule has 2 heteroatoms. The number of hydrogen-bond donors (Lipinski definition) is 1. The number of benzene rings is 1. The monoisotopic (exact) mass is 197 g/mol. The third-order valence-electron chi connectivity index (χ3n) is 2.24. The molecule has 74 valence electrons. The van der Waals surface area contributed by atoms with Crippen LogP contribution in [0.15, 0.2) is 59.4 Å². The molecule has 0 saturated carbocycles. The summed E-state index contributed by atoms with van der Waals surface area (Å²) in [4.78, 5) is 11.8. The Morgan fingerprint density at radius 3 is 2.13 bits per heavy atom. The Hall–Kier alpha value is -2.09. The van der Waals surface area contributed by atoms with E-state index in [1.54, 1.807) is 18.2 Å². The molecular weight excluding hydrogens is 186 g/mol. The molecule has 0 aliphatic heterocycles. The van der Waals surface area contributed by atoms with Gasteiger partial charge in [-0.15, -0.1) is 0 Å². The first kappa shape index (κ1) is 9.46. The van der Waals surface area contributed by atoms with Crippen molar-refractivity contribution < 1.29 is 0 Å². The number of nitrogen functional groups attached to an aromatic ring is 1. The van der Waals surface area contributed by atoms with E-state index in [4.69, 9.17) is 5.73 Å². The minimum absolute atomic E-state index is 0.119. The van der Waals surface area contributed by atoms with Crippen molar-refractivity contribution >= 4 is 5.69 Å². The molecule has 0 amide bonds. The molecule has 0 aliphatic rings. The van der Waals surface area contributed by atoms with Crippen LogP contribution in [-0.4, -0.2) is 0 Å². The van der Waals surface area contributed by atoms with Crippen LogP contribution in [0.2, 0.25) is 0 Å². The van der Waals surface area contributed by atoms with Crippen molar-refractivity contribution in [3.8, 4) is 11.1 Å². The van der Waals surface area contributed by atoms with Gasteiger partial charge in [0.1, 0.15) is 0 Å². The van der Waals surface area contributed by atoms with Crippen LogP contribution in [0, 0.1) is 0 Å². The molecule has 15 heavy (non-hydrogen) atoms. The normalized spacial score (nSPS) is 9.87. The lowest BCUT2D eigenvalue weighted by molar-refractivity contribution is 1.59. The molecule has 0 heterocycles. The summed E-state index contributed by atoms with van der Waals surface area (Å²) in [5, 5.41) is 0. The van der Waals surface area contributed by atoms with Gasteiger partial charge in [-0.2, -0.15) is 0 Å². The van der Waals surface area contributed by atoms with Crippen molar-refractivity contribution in [1.82, 2.24) is 0 Å². The first-order valence-electron chi connectivity index (χ1n) is 4.73. The summed E-state index contributed by atoms with van der Waals surface area (Å²) in [6, 6.07) is 16.5. The van der Waals surface area contributed by atoms with Crippen molar-refractivity contribution in [2.75, 3.05) is 5.73 Å². The van der Waals surface area contributed by atoms with Crippen molar-refractivity contribution in [1.29, 1.82) is 0 Å². The highest BCUT2D eigenvalue weighted by atomic mass is 16.1. The minimum Gasteiger partial charge on any atom is -0.396 e. The molecule has 2 aromatic rings. The quantitative estimate of drug-likeness (QED) is 0.762.